The monoisotopic (exact) mass is 396 g/mol. The van der Waals surface area contributed by atoms with Crippen LogP contribution in [0.25, 0.3) is 0 Å². The lowest BCUT2D eigenvalue weighted by Gasteiger charge is -2.45. The van der Waals surface area contributed by atoms with Crippen molar-refractivity contribution in [3.05, 3.63) is 107 Å². The van der Waals surface area contributed by atoms with Crippen LogP contribution < -0.4 is 0 Å². The average molecular weight is 397 g/mol. The standard InChI is InChI=1S/C27H28N2O/c1-21-12-13-25-23(18-21)19-27(26(25)30,24-10-6-3-7-11-24)29-16-14-28(15-17-29)20-22-8-4-2-5-9-22/h2-13,18H,14-17,19-20H2,1H3. The predicted octanol–water partition coefficient (Wildman–Crippen LogP) is 4.45. The number of fused-ring (bicyclic) bond motifs is 1. The van der Waals surface area contributed by atoms with E-state index in [9.17, 15) is 4.79 Å². The number of aryl methyl sites for hydroxylation is 1. The number of rotatable bonds is 4. The van der Waals surface area contributed by atoms with Crippen molar-refractivity contribution in [2.24, 2.45) is 0 Å². The molecule has 1 unspecified atom stereocenters. The van der Waals surface area contributed by atoms with Crippen molar-refractivity contribution >= 4 is 5.78 Å². The maximum atomic E-state index is 13.8. The first kappa shape index (κ1) is 19.2. The van der Waals surface area contributed by atoms with Crippen molar-refractivity contribution in [3.63, 3.8) is 0 Å². The second-order valence-electron chi connectivity index (χ2n) is 8.64. The molecule has 0 saturated carbocycles. The molecule has 1 aliphatic heterocycles. The third kappa shape index (κ3) is 3.28. The molecule has 0 radical (unpaired) electrons. The topological polar surface area (TPSA) is 23.6 Å². The highest BCUT2D eigenvalue weighted by atomic mass is 16.1. The van der Waals surface area contributed by atoms with Crippen LogP contribution in [0.4, 0.5) is 0 Å². The van der Waals surface area contributed by atoms with Gasteiger partial charge in [-0.2, -0.15) is 0 Å². The summed E-state index contributed by atoms with van der Waals surface area (Å²) in [5, 5.41) is 0. The van der Waals surface area contributed by atoms with Crippen LogP contribution in [-0.2, 0) is 18.5 Å². The molecule has 0 amide bonds. The van der Waals surface area contributed by atoms with E-state index >= 15 is 0 Å². The summed E-state index contributed by atoms with van der Waals surface area (Å²) in [6.07, 6.45) is 0.769. The number of Topliss-reactive ketones (excluding diaryl/α,β-unsaturated/α-hetero) is 1. The number of piperazine rings is 1. The zero-order chi connectivity index (χ0) is 20.6. The van der Waals surface area contributed by atoms with E-state index in [1.807, 2.05) is 12.1 Å². The van der Waals surface area contributed by atoms with Crippen molar-refractivity contribution in [2.75, 3.05) is 26.2 Å². The van der Waals surface area contributed by atoms with Gasteiger partial charge >= 0.3 is 0 Å². The predicted molar refractivity (Wildman–Crippen MR) is 121 cm³/mol. The van der Waals surface area contributed by atoms with E-state index in [1.165, 1.54) is 16.7 Å². The lowest BCUT2D eigenvalue weighted by Crippen LogP contribution is -2.58. The maximum absolute atomic E-state index is 13.8. The SMILES string of the molecule is Cc1ccc2c(c1)CC(c1ccccc1)(N1CCN(Cc3ccccc3)CC1)C2=O. The summed E-state index contributed by atoms with van der Waals surface area (Å²) < 4.78 is 0. The molecule has 152 valence electrons. The fraction of sp³-hybridized carbons (Fsp3) is 0.296. The van der Waals surface area contributed by atoms with E-state index in [1.54, 1.807) is 0 Å². The highest BCUT2D eigenvalue weighted by Gasteiger charge is 2.51. The molecule has 3 heteroatoms. The molecular formula is C27H28N2O. The summed E-state index contributed by atoms with van der Waals surface area (Å²) in [4.78, 5) is 18.8. The van der Waals surface area contributed by atoms with Crippen LogP contribution in [0.1, 0.15) is 32.6 Å². The molecule has 1 fully saturated rings. The second-order valence-corrected chi connectivity index (χ2v) is 8.64. The van der Waals surface area contributed by atoms with Gasteiger partial charge in [0.2, 0.25) is 0 Å². The zero-order valence-corrected chi connectivity index (χ0v) is 17.6. The minimum atomic E-state index is -0.573. The van der Waals surface area contributed by atoms with Crippen LogP contribution in [0.15, 0.2) is 78.9 Å². The third-order valence-corrected chi connectivity index (χ3v) is 6.74. The minimum Gasteiger partial charge on any atom is -0.297 e. The molecule has 5 rings (SSSR count). The summed E-state index contributed by atoms with van der Waals surface area (Å²) in [6, 6.07) is 27.4. The van der Waals surface area contributed by atoms with Gasteiger partial charge in [-0.3, -0.25) is 14.6 Å². The molecule has 0 aromatic heterocycles. The quantitative estimate of drug-likeness (QED) is 0.651. The Hall–Kier alpha value is -2.75. The van der Waals surface area contributed by atoms with E-state index in [-0.39, 0.29) is 5.78 Å². The first-order chi connectivity index (χ1) is 14.7. The van der Waals surface area contributed by atoms with Gasteiger partial charge in [0, 0.05) is 44.7 Å². The Kier molecular flexibility index (Phi) is 5.01. The lowest BCUT2D eigenvalue weighted by atomic mass is 9.83. The molecule has 1 heterocycles. The smallest absolute Gasteiger partial charge is 0.188 e. The molecule has 3 aromatic rings. The molecule has 3 aromatic carbocycles. The van der Waals surface area contributed by atoms with Gasteiger partial charge in [-0.15, -0.1) is 0 Å². The first-order valence-corrected chi connectivity index (χ1v) is 10.9. The van der Waals surface area contributed by atoms with Crippen LogP contribution in [-0.4, -0.2) is 41.8 Å². The van der Waals surface area contributed by atoms with Gasteiger partial charge in [-0.25, -0.2) is 0 Å². The highest BCUT2D eigenvalue weighted by molar-refractivity contribution is 6.08. The molecule has 1 aliphatic carbocycles. The van der Waals surface area contributed by atoms with Gasteiger partial charge in [0.15, 0.2) is 5.78 Å². The minimum absolute atomic E-state index is 0.264. The molecule has 0 bridgehead atoms. The summed E-state index contributed by atoms with van der Waals surface area (Å²) in [6.45, 7) is 6.84. The molecule has 1 saturated heterocycles. The van der Waals surface area contributed by atoms with Gasteiger partial charge in [-0.05, 0) is 23.6 Å². The van der Waals surface area contributed by atoms with E-state index in [4.69, 9.17) is 0 Å². The normalized spacial score (nSPS) is 22.2. The van der Waals surface area contributed by atoms with Crippen molar-refractivity contribution in [3.8, 4) is 0 Å². The van der Waals surface area contributed by atoms with Gasteiger partial charge in [0.1, 0.15) is 5.54 Å². The summed E-state index contributed by atoms with van der Waals surface area (Å²) in [7, 11) is 0. The molecular weight excluding hydrogens is 368 g/mol. The summed E-state index contributed by atoms with van der Waals surface area (Å²) in [5.41, 5.74) is 5.21. The van der Waals surface area contributed by atoms with Crippen LogP contribution >= 0.6 is 0 Å². The zero-order valence-electron chi connectivity index (χ0n) is 17.6. The molecule has 2 aliphatic rings. The van der Waals surface area contributed by atoms with E-state index in [0.717, 1.165) is 50.3 Å². The first-order valence-electron chi connectivity index (χ1n) is 10.9. The van der Waals surface area contributed by atoms with Crippen molar-refractivity contribution in [1.29, 1.82) is 0 Å². The fourth-order valence-corrected chi connectivity index (χ4v) is 5.18. The Morgan fingerprint density at radius 1 is 0.833 bits per heavy atom. The summed E-state index contributed by atoms with van der Waals surface area (Å²) >= 11 is 0. The van der Waals surface area contributed by atoms with Gasteiger partial charge in [0.05, 0.1) is 0 Å². The van der Waals surface area contributed by atoms with E-state index < -0.39 is 5.54 Å². The number of nitrogens with zero attached hydrogens (tertiary/aromatic N) is 2. The number of benzene rings is 3. The second kappa shape index (κ2) is 7.82. The van der Waals surface area contributed by atoms with Crippen LogP contribution in [0.5, 0.6) is 0 Å². The van der Waals surface area contributed by atoms with Gasteiger partial charge in [0.25, 0.3) is 0 Å². The molecule has 1 atom stereocenters. The van der Waals surface area contributed by atoms with Gasteiger partial charge in [-0.1, -0.05) is 84.4 Å². The van der Waals surface area contributed by atoms with Crippen molar-refractivity contribution in [2.45, 2.75) is 25.4 Å². The number of hydrogen-bond acceptors (Lipinski definition) is 3. The Labute approximate surface area is 178 Å². The Balaban J connectivity index is 1.43. The number of carbonyl (C=O) groups excluding carboxylic acids is 1. The Morgan fingerprint density at radius 3 is 2.20 bits per heavy atom. The number of carbonyl (C=O) groups is 1. The Morgan fingerprint density at radius 2 is 1.50 bits per heavy atom. The van der Waals surface area contributed by atoms with Crippen LogP contribution in [0, 0.1) is 6.92 Å². The largest absolute Gasteiger partial charge is 0.297 e. The average Bonchev–Trinajstić information content (AvgIpc) is 3.08. The van der Waals surface area contributed by atoms with E-state index in [2.05, 4.69) is 83.5 Å². The molecule has 0 N–H and O–H groups in total. The lowest BCUT2D eigenvalue weighted by molar-refractivity contribution is 0.0288. The van der Waals surface area contributed by atoms with E-state index in [0.29, 0.717) is 0 Å². The number of ketones is 1. The number of hydrogen-bond donors (Lipinski definition) is 0. The molecule has 0 spiro atoms. The fourth-order valence-electron chi connectivity index (χ4n) is 5.18. The maximum Gasteiger partial charge on any atom is 0.188 e. The van der Waals surface area contributed by atoms with Crippen LogP contribution in [0.2, 0.25) is 0 Å². The molecule has 3 nitrogen and oxygen atoms in total. The van der Waals surface area contributed by atoms with Gasteiger partial charge < -0.3 is 0 Å². The van der Waals surface area contributed by atoms with Crippen LogP contribution in [0.3, 0.4) is 0 Å². The molecule has 30 heavy (non-hydrogen) atoms. The Bertz CT molecular complexity index is 1040. The third-order valence-electron chi connectivity index (χ3n) is 6.74. The van der Waals surface area contributed by atoms with Crippen molar-refractivity contribution in [1.82, 2.24) is 9.80 Å². The summed E-state index contributed by atoms with van der Waals surface area (Å²) in [5.74, 6) is 0.264. The van der Waals surface area contributed by atoms with Crippen molar-refractivity contribution < 1.29 is 4.79 Å². The highest BCUT2D eigenvalue weighted by Crippen LogP contribution is 2.43.